The van der Waals surface area contributed by atoms with Gasteiger partial charge in [0.1, 0.15) is 17.2 Å². The van der Waals surface area contributed by atoms with Crippen LogP contribution in [0.5, 0.6) is 17.2 Å². The SMILES string of the molecule is O=C(O)[C@H]1CCc2cc(Oc3ccccc3)ccc2O1. The predicted octanol–water partition coefficient (Wildman–Crippen LogP) is 3.26. The van der Waals surface area contributed by atoms with E-state index in [1.165, 1.54) is 0 Å². The molecular weight excluding hydrogens is 256 g/mol. The molecule has 4 heteroatoms. The van der Waals surface area contributed by atoms with Crippen molar-refractivity contribution in [3.8, 4) is 17.2 Å². The molecule has 0 fully saturated rings. The molecule has 0 radical (unpaired) electrons. The van der Waals surface area contributed by atoms with E-state index in [1.807, 2.05) is 36.4 Å². The molecule has 0 amide bonds. The monoisotopic (exact) mass is 270 g/mol. The molecule has 1 heterocycles. The molecule has 2 aromatic carbocycles. The third kappa shape index (κ3) is 2.59. The van der Waals surface area contributed by atoms with Crippen molar-refractivity contribution in [3.63, 3.8) is 0 Å². The fourth-order valence-electron chi connectivity index (χ4n) is 2.23. The lowest BCUT2D eigenvalue weighted by Crippen LogP contribution is -2.30. The fourth-order valence-corrected chi connectivity index (χ4v) is 2.23. The van der Waals surface area contributed by atoms with Gasteiger partial charge in [0.25, 0.3) is 0 Å². The molecule has 20 heavy (non-hydrogen) atoms. The van der Waals surface area contributed by atoms with Crippen LogP contribution in [-0.4, -0.2) is 17.2 Å². The van der Waals surface area contributed by atoms with Crippen molar-refractivity contribution in [1.29, 1.82) is 0 Å². The van der Waals surface area contributed by atoms with Crippen molar-refractivity contribution in [2.75, 3.05) is 0 Å². The molecule has 1 aliphatic rings. The topological polar surface area (TPSA) is 55.8 Å². The van der Waals surface area contributed by atoms with Gasteiger partial charge in [-0.1, -0.05) is 18.2 Å². The number of benzene rings is 2. The zero-order chi connectivity index (χ0) is 13.9. The van der Waals surface area contributed by atoms with E-state index in [1.54, 1.807) is 12.1 Å². The fraction of sp³-hybridized carbons (Fsp3) is 0.188. The first-order valence-electron chi connectivity index (χ1n) is 6.47. The van der Waals surface area contributed by atoms with Gasteiger partial charge in [-0.15, -0.1) is 0 Å². The Balaban J connectivity index is 1.79. The van der Waals surface area contributed by atoms with Crippen LogP contribution in [0.15, 0.2) is 48.5 Å². The maximum atomic E-state index is 10.9. The first-order valence-corrected chi connectivity index (χ1v) is 6.47. The summed E-state index contributed by atoms with van der Waals surface area (Å²) >= 11 is 0. The number of hydrogen-bond donors (Lipinski definition) is 1. The number of para-hydroxylation sites is 1. The summed E-state index contributed by atoms with van der Waals surface area (Å²) in [5.41, 5.74) is 0.982. The van der Waals surface area contributed by atoms with E-state index in [9.17, 15) is 4.79 Å². The van der Waals surface area contributed by atoms with Gasteiger partial charge in [-0.2, -0.15) is 0 Å². The minimum atomic E-state index is -0.916. The highest BCUT2D eigenvalue weighted by molar-refractivity contribution is 5.73. The number of aryl methyl sites for hydroxylation is 1. The Morgan fingerprint density at radius 2 is 1.95 bits per heavy atom. The summed E-state index contributed by atoms with van der Waals surface area (Å²) in [4.78, 5) is 10.9. The Kier molecular flexibility index (Phi) is 3.29. The van der Waals surface area contributed by atoms with Crippen LogP contribution in [0.1, 0.15) is 12.0 Å². The summed E-state index contributed by atoms with van der Waals surface area (Å²) < 4.78 is 11.2. The zero-order valence-electron chi connectivity index (χ0n) is 10.8. The van der Waals surface area contributed by atoms with Crippen LogP contribution in [-0.2, 0) is 11.2 Å². The van der Waals surface area contributed by atoms with E-state index in [0.29, 0.717) is 18.6 Å². The van der Waals surface area contributed by atoms with Gasteiger partial charge < -0.3 is 14.6 Å². The Morgan fingerprint density at radius 3 is 2.70 bits per heavy atom. The highest BCUT2D eigenvalue weighted by Gasteiger charge is 2.25. The van der Waals surface area contributed by atoms with E-state index in [0.717, 1.165) is 17.1 Å². The van der Waals surface area contributed by atoms with Crippen molar-refractivity contribution in [3.05, 3.63) is 54.1 Å². The quantitative estimate of drug-likeness (QED) is 0.930. The highest BCUT2D eigenvalue weighted by atomic mass is 16.5. The third-order valence-corrected chi connectivity index (χ3v) is 3.23. The van der Waals surface area contributed by atoms with Crippen LogP contribution in [0.2, 0.25) is 0 Å². The molecule has 0 saturated heterocycles. The van der Waals surface area contributed by atoms with E-state index >= 15 is 0 Å². The van der Waals surface area contributed by atoms with Gasteiger partial charge in [0.05, 0.1) is 0 Å². The number of aliphatic carboxylic acids is 1. The first kappa shape index (κ1) is 12.5. The van der Waals surface area contributed by atoms with Gasteiger partial charge in [-0.05, 0) is 48.7 Å². The lowest BCUT2D eigenvalue weighted by molar-refractivity contribution is -0.145. The Labute approximate surface area is 116 Å². The Hall–Kier alpha value is -2.49. The Bertz CT molecular complexity index is 622. The van der Waals surface area contributed by atoms with Gasteiger partial charge in [-0.3, -0.25) is 0 Å². The molecule has 102 valence electrons. The molecule has 1 N–H and O–H groups in total. The maximum Gasteiger partial charge on any atom is 0.344 e. The van der Waals surface area contributed by atoms with Crippen molar-refractivity contribution in [1.82, 2.24) is 0 Å². The van der Waals surface area contributed by atoms with Gasteiger partial charge >= 0.3 is 5.97 Å². The zero-order valence-corrected chi connectivity index (χ0v) is 10.8. The highest BCUT2D eigenvalue weighted by Crippen LogP contribution is 2.32. The molecule has 0 spiro atoms. The van der Waals surface area contributed by atoms with Crippen molar-refractivity contribution >= 4 is 5.97 Å². The minimum absolute atomic E-state index is 0.483. The summed E-state index contributed by atoms with van der Waals surface area (Å²) in [6.07, 6.45) is 0.415. The number of carboxylic acids is 1. The number of ether oxygens (including phenoxy) is 2. The summed E-state index contributed by atoms with van der Waals surface area (Å²) in [5, 5.41) is 8.96. The van der Waals surface area contributed by atoms with E-state index < -0.39 is 12.1 Å². The molecule has 0 aromatic heterocycles. The molecule has 1 atom stereocenters. The van der Waals surface area contributed by atoms with Crippen LogP contribution < -0.4 is 9.47 Å². The average Bonchev–Trinajstić information content (AvgIpc) is 2.47. The van der Waals surface area contributed by atoms with Gasteiger partial charge in [0.2, 0.25) is 0 Å². The lowest BCUT2D eigenvalue weighted by atomic mass is 10.0. The molecule has 0 unspecified atom stereocenters. The summed E-state index contributed by atoms with van der Waals surface area (Å²) in [5.74, 6) is 1.21. The molecule has 1 aliphatic heterocycles. The molecule has 3 rings (SSSR count). The smallest absolute Gasteiger partial charge is 0.344 e. The van der Waals surface area contributed by atoms with Crippen LogP contribution in [0, 0.1) is 0 Å². The number of carbonyl (C=O) groups is 1. The van der Waals surface area contributed by atoms with Crippen molar-refractivity contribution < 1.29 is 19.4 Å². The van der Waals surface area contributed by atoms with E-state index in [2.05, 4.69) is 0 Å². The average molecular weight is 270 g/mol. The van der Waals surface area contributed by atoms with Gasteiger partial charge in [0.15, 0.2) is 6.10 Å². The standard InChI is InChI=1S/C16H14O4/c17-16(18)15-8-6-11-10-13(7-9-14(11)20-15)19-12-4-2-1-3-5-12/h1-5,7,9-10,15H,6,8H2,(H,17,18)/t15-/m1/s1. The van der Waals surface area contributed by atoms with E-state index in [-0.39, 0.29) is 0 Å². The summed E-state index contributed by atoms with van der Waals surface area (Å²) in [7, 11) is 0. The number of carboxylic acid groups (broad SMARTS) is 1. The molecule has 0 aliphatic carbocycles. The van der Waals surface area contributed by atoms with Crippen LogP contribution in [0.3, 0.4) is 0 Å². The number of fused-ring (bicyclic) bond motifs is 1. The van der Waals surface area contributed by atoms with E-state index in [4.69, 9.17) is 14.6 Å². The maximum absolute atomic E-state index is 10.9. The van der Waals surface area contributed by atoms with Crippen LogP contribution in [0.4, 0.5) is 0 Å². The van der Waals surface area contributed by atoms with Crippen LogP contribution >= 0.6 is 0 Å². The second kappa shape index (κ2) is 5.25. The molecule has 2 aromatic rings. The predicted molar refractivity (Wildman–Crippen MR) is 73.3 cm³/mol. The molecular formula is C16H14O4. The van der Waals surface area contributed by atoms with Gasteiger partial charge in [-0.25, -0.2) is 4.79 Å². The molecule has 0 bridgehead atoms. The first-order chi connectivity index (χ1) is 9.72. The normalized spacial score (nSPS) is 16.9. The van der Waals surface area contributed by atoms with Crippen LogP contribution in [0.25, 0.3) is 0 Å². The van der Waals surface area contributed by atoms with Crippen molar-refractivity contribution in [2.24, 2.45) is 0 Å². The van der Waals surface area contributed by atoms with Gasteiger partial charge in [0, 0.05) is 0 Å². The number of rotatable bonds is 3. The second-order valence-corrected chi connectivity index (χ2v) is 4.67. The minimum Gasteiger partial charge on any atom is -0.479 e. The summed E-state index contributed by atoms with van der Waals surface area (Å²) in [6.45, 7) is 0. The molecule has 4 nitrogen and oxygen atoms in total. The lowest BCUT2D eigenvalue weighted by Gasteiger charge is -2.23. The second-order valence-electron chi connectivity index (χ2n) is 4.67. The third-order valence-electron chi connectivity index (χ3n) is 3.23. The largest absolute Gasteiger partial charge is 0.479 e. The number of hydrogen-bond acceptors (Lipinski definition) is 3. The summed E-state index contributed by atoms with van der Waals surface area (Å²) in [6, 6.07) is 15.0. The molecule has 0 saturated carbocycles. The Morgan fingerprint density at radius 1 is 1.15 bits per heavy atom. The van der Waals surface area contributed by atoms with Crippen molar-refractivity contribution in [2.45, 2.75) is 18.9 Å².